The molecule has 2 rings (SSSR count). The minimum atomic E-state index is -1.52. The molecule has 0 spiro atoms. The van der Waals surface area contributed by atoms with Crippen LogP contribution in [0.15, 0.2) is 30.5 Å². The summed E-state index contributed by atoms with van der Waals surface area (Å²) in [6.07, 6.45) is 1.69. The Morgan fingerprint density at radius 2 is 2.00 bits per heavy atom. The van der Waals surface area contributed by atoms with Gasteiger partial charge in [0.05, 0.1) is 0 Å². The lowest BCUT2D eigenvalue weighted by atomic mass is 9.80. The van der Waals surface area contributed by atoms with Crippen molar-refractivity contribution in [2.75, 3.05) is 5.32 Å². The van der Waals surface area contributed by atoms with E-state index in [1.165, 1.54) is 35.6 Å². The molecule has 0 saturated heterocycles. The molecule has 0 unspecified atom stereocenters. The molecule has 0 aliphatic carbocycles. The van der Waals surface area contributed by atoms with E-state index < -0.39 is 7.12 Å². The van der Waals surface area contributed by atoms with E-state index in [0.717, 1.165) is 4.88 Å². The van der Waals surface area contributed by atoms with Crippen LogP contribution in [-0.2, 0) is 0 Å². The van der Waals surface area contributed by atoms with Crippen LogP contribution in [0.2, 0.25) is 0 Å². The van der Waals surface area contributed by atoms with Gasteiger partial charge in [0, 0.05) is 16.6 Å². The first-order valence-electron chi connectivity index (χ1n) is 5.26. The van der Waals surface area contributed by atoms with E-state index in [9.17, 15) is 4.79 Å². The zero-order valence-electron chi connectivity index (χ0n) is 9.62. The van der Waals surface area contributed by atoms with Crippen molar-refractivity contribution in [2.24, 2.45) is 0 Å². The zero-order chi connectivity index (χ0) is 13.1. The number of nitrogens with one attached hydrogen (secondary N) is 1. The molecule has 0 bridgehead atoms. The van der Waals surface area contributed by atoms with Gasteiger partial charge in [0.2, 0.25) is 0 Å². The smallest absolute Gasteiger partial charge is 0.423 e. The van der Waals surface area contributed by atoms with Gasteiger partial charge in [-0.3, -0.25) is 10.1 Å². The van der Waals surface area contributed by atoms with Crippen LogP contribution >= 0.6 is 11.3 Å². The second kappa shape index (κ2) is 5.30. The minimum absolute atomic E-state index is 0.275. The molecule has 92 valence electrons. The number of rotatable bonds is 3. The SMILES string of the molecule is Cc1cnc(NC(=O)c2ccc(B(O)O)cc2)s1. The Labute approximate surface area is 108 Å². The van der Waals surface area contributed by atoms with Crippen molar-refractivity contribution in [3.8, 4) is 0 Å². The second-order valence-corrected chi connectivity index (χ2v) is 4.96. The summed E-state index contributed by atoms with van der Waals surface area (Å²) < 4.78 is 0. The summed E-state index contributed by atoms with van der Waals surface area (Å²) in [7, 11) is -1.52. The van der Waals surface area contributed by atoms with Crippen LogP contribution in [0, 0.1) is 6.92 Å². The number of nitrogens with zero attached hydrogens (tertiary/aromatic N) is 1. The number of amides is 1. The lowest BCUT2D eigenvalue weighted by molar-refractivity contribution is 0.102. The monoisotopic (exact) mass is 262 g/mol. The van der Waals surface area contributed by atoms with Gasteiger partial charge in [-0.05, 0) is 24.5 Å². The summed E-state index contributed by atoms with van der Waals surface area (Å²) in [5.41, 5.74) is 0.781. The molecule has 3 N–H and O–H groups in total. The van der Waals surface area contributed by atoms with E-state index in [1.54, 1.807) is 6.20 Å². The van der Waals surface area contributed by atoms with E-state index in [0.29, 0.717) is 16.2 Å². The van der Waals surface area contributed by atoms with Crippen LogP contribution < -0.4 is 10.8 Å². The van der Waals surface area contributed by atoms with E-state index in [4.69, 9.17) is 10.0 Å². The summed E-state index contributed by atoms with van der Waals surface area (Å²) in [6, 6.07) is 6.05. The number of carbonyl (C=O) groups is 1. The number of carbonyl (C=O) groups excluding carboxylic acids is 1. The number of anilines is 1. The van der Waals surface area contributed by atoms with Crippen LogP contribution in [0.25, 0.3) is 0 Å². The minimum Gasteiger partial charge on any atom is -0.423 e. The highest BCUT2D eigenvalue weighted by Crippen LogP contribution is 2.17. The van der Waals surface area contributed by atoms with E-state index >= 15 is 0 Å². The Kier molecular flexibility index (Phi) is 3.76. The largest absolute Gasteiger partial charge is 0.488 e. The summed E-state index contributed by atoms with van der Waals surface area (Å²) >= 11 is 1.40. The molecule has 1 aromatic carbocycles. The maximum absolute atomic E-state index is 11.8. The van der Waals surface area contributed by atoms with Gasteiger partial charge >= 0.3 is 7.12 Å². The lowest BCUT2D eigenvalue weighted by Crippen LogP contribution is -2.29. The lowest BCUT2D eigenvalue weighted by Gasteiger charge is -2.03. The molecule has 0 aliphatic rings. The molecule has 0 fully saturated rings. The van der Waals surface area contributed by atoms with Crippen molar-refractivity contribution >= 4 is 35.0 Å². The third kappa shape index (κ3) is 2.95. The Morgan fingerprint density at radius 1 is 1.33 bits per heavy atom. The average molecular weight is 262 g/mol. The first-order chi connectivity index (χ1) is 8.56. The molecule has 2 aromatic rings. The zero-order valence-corrected chi connectivity index (χ0v) is 10.4. The Bertz CT molecular complexity index is 554. The fraction of sp³-hybridized carbons (Fsp3) is 0.0909. The quantitative estimate of drug-likeness (QED) is 0.698. The number of hydrogen-bond donors (Lipinski definition) is 3. The van der Waals surface area contributed by atoms with Gasteiger partial charge in [0.1, 0.15) is 0 Å². The Balaban J connectivity index is 2.09. The molecule has 1 aromatic heterocycles. The molecule has 1 amide bonds. The highest BCUT2D eigenvalue weighted by Gasteiger charge is 2.12. The van der Waals surface area contributed by atoms with Gasteiger partial charge in [0.25, 0.3) is 5.91 Å². The first-order valence-corrected chi connectivity index (χ1v) is 6.08. The molecular weight excluding hydrogens is 251 g/mol. The third-order valence-electron chi connectivity index (χ3n) is 2.31. The summed E-state index contributed by atoms with van der Waals surface area (Å²) in [4.78, 5) is 16.9. The van der Waals surface area contributed by atoms with Crippen molar-refractivity contribution < 1.29 is 14.8 Å². The van der Waals surface area contributed by atoms with Crippen LogP contribution in [0.4, 0.5) is 5.13 Å². The van der Waals surface area contributed by atoms with Crippen molar-refractivity contribution in [3.05, 3.63) is 40.9 Å². The molecular formula is C11H11BN2O3S. The van der Waals surface area contributed by atoms with Gasteiger partial charge < -0.3 is 10.0 Å². The summed E-state index contributed by atoms with van der Waals surface area (Å²) in [6.45, 7) is 1.91. The van der Waals surface area contributed by atoms with Gasteiger partial charge in [-0.25, -0.2) is 4.98 Å². The number of thiazole rings is 1. The van der Waals surface area contributed by atoms with Gasteiger partial charge in [-0.1, -0.05) is 12.1 Å². The van der Waals surface area contributed by atoms with E-state index in [-0.39, 0.29) is 5.91 Å². The van der Waals surface area contributed by atoms with Crippen LogP contribution in [0.5, 0.6) is 0 Å². The molecule has 18 heavy (non-hydrogen) atoms. The standard InChI is InChI=1S/C11H11BN2O3S/c1-7-6-13-11(18-7)14-10(15)8-2-4-9(5-3-8)12(16)17/h2-6,16-17H,1H3,(H,13,14,15). The van der Waals surface area contributed by atoms with Crippen molar-refractivity contribution in [3.63, 3.8) is 0 Å². The maximum atomic E-state index is 11.8. The van der Waals surface area contributed by atoms with E-state index in [1.807, 2.05) is 6.92 Å². The highest BCUT2D eigenvalue weighted by molar-refractivity contribution is 7.15. The molecule has 0 aliphatic heterocycles. The second-order valence-electron chi connectivity index (χ2n) is 3.73. The average Bonchev–Trinajstić information content (AvgIpc) is 2.75. The van der Waals surface area contributed by atoms with Crippen molar-refractivity contribution in [2.45, 2.75) is 6.92 Å². The Hall–Kier alpha value is -1.70. The van der Waals surface area contributed by atoms with Crippen LogP contribution in [0.1, 0.15) is 15.2 Å². The first kappa shape index (κ1) is 12.8. The normalized spacial score (nSPS) is 10.2. The van der Waals surface area contributed by atoms with Crippen LogP contribution in [0.3, 0.4) is 0 Å². The molecule has 1 heterocycles. The van der Waals surface area contributed by atoms with Crippen LogP contribution in [-0.4, -0.2) is 28.1 Å². The predicted octanol–water partition coefficient (Wildman–Crippen LogP) is 0.384. The van der Waals surface area contributed by atoms with Crippen molar-refractivity contribution in [1.29, 1.82) is 0 Å². The molecule has 0 atom stereocenters. The topological polar surface area (TPSA) is 82.5 Å². The molecule has 7 heteroatoms. The molecule has 5 nitrogen and oxygen atoms in total. The number of aromatic nitrogens is 1. The van der Waals surface area contributed by atoms with Crippen molar-refractivity contribution in [1.82, 2.24) is 4.98 Å². The van der Waals surface area contributed by atoms with Gasteiger partial charge in [-0.15, -0.1) is 11.3 Å². The number of aryl methyl sites for hydroxylation is 1. The summed E-state index contributed by atoms with van der Waals surface area (Å²) in [5, 5.41) is 21.1. The molecule has 0 radical (unpaired) electrons. The number of benzene rings is 1. The fourth-order valence-electron chi connectivity index (χ4n) is 1.39. The Morgan fingerprint density at radius 3 is 2.50 bits per heavy atom. The van der Waals surface area contributed by atoms with Gasteiger partial charge in [0.15, 0.2) is 5.13 Å². The fourth-order valence-corrected chi connectivity index (χ4v) is 2.05. The maximum Gasteiger partial charge on any atom is 0.488 e. The van der Waals surface area contributed by atoms with E-state index in [2.05, 4.69) is 10.3 Å². The number of hydrogen-bond acceptors (Lipinski definition) is 5. The molecule has 0 saturated carbocycles. The predicted molar refractivity (Wildman–Crippen MR) is 71.1 cm³/mol. The van der Waals surface area contributed by atoms with Gasteiger partial charge in [-0.2, -0.15) is 0 Å². The third-order valence-corrected chi connectivity index (χ3v) is 3.14. The highest BCUT2D eigenvalue weighted by atomic mass is 32.1. The summed E-state index contributed by atoms with van der Waals surface area (Å²) in [5.74, 6) is -0.275.